The molecule has 0 saturated heterocycles. The molecular formula is C22H18N4. The number of rotatable bonds is 4. The second-order valence-corrected chi connectivity index (χ2v) is 6.24. The summed E-state index contributed by atoms with van der Waals surface area (Å²) >= 11 is 0. The van der Waals surface area contributed by atoms with Gasteiger partial charge < -0.3 is 0 Å². The molecule has 1 heterocycles. The number of hydrogen-bond donors (Lipinski definition) is 0. The van der Waals surface area contributed by atoms with E-state index in [4.69, 9.17) is 0 Å². The van der Waals surface area contributed by atoms with Crippen LogP contribution in [0.5, 0.6) is 0 Å². The Balaban J connectivity index is 1.66. The van der Waals surface area contributed by atoms with Crippen LogP contribution in [0.1, 0.15) is 16.7 Å². The largest absolute Gasteiger partial charge is 0.203 e. The van der Waals surface area contributed by atoms with Crippen molar-refractivity contribution in [1.82, 2.24) is 20.4 Å². The molecule has 4 rings (SSSR count). The van der Waals surface area contributed by atoms with Gasteiger partial charge in [0.05, 0.1) is 0 Å². The molecule has 0 radical (unpaired) electrons. The van der Waals surface area contributed by atoms with Crippen molar-refractivity contribution in [2.75, 3.05) is 0 Å². The standard InChI is InChI=1S/C22H18N4/c1-16-8-7-12-19(14-16)21-23-25-22(26-24-21)20-13-6-5-11-18(20)15-17-9-3-2-4-10-17/h2-14H,15H2,1H3. The average molecular weight is 338 g/mol. The van der Waals surface area contributed by atoms with Gasteiger partial charge in [-0.3, -0.25) is 0 Å². The van der Waals surface area contributed by atoms with Gasteiger partial charge in [-0.1, -0.05) is 78.4 Å². The first-order valence-electron chi connectivity index (χ1n) is 8.56. The summed E-state index contributed by atoms with van der Waals surface area (Å²) in [4.78, 5) is 0. The van der Waals surface area contributed by atoms with Gasteiger partial charge in [-0.15, -0.1) is 20.4 Å². The van der Waals surface area contributed by atoms with Crippen LogP contribution >= 0.6 is 0 Å². The van der Waals surface area contributed by atoms with Gasteiger partial charge in [0, 0.05) is 11.1 Å². The molecule has 0 amide bonds. The number of aryl methyl sites for hydroxylation is 1. The molecule has 0 N–H and O–H groups in total. The predicted octanol–water partition coefficient (Wildman–Crippen LogP) is 4.50. The van der Waals surface area contributed by atoms with E-state index in [0.29, 0.717) is 11.6 Å². The van der Waals surface area contributed by atoms with Gasteiger partial charge in [-0.2, -0.15) is 0 Å². The Bertz CT molecular complexity index is 1010. The third-order valence-corrected chi connectivity index (χ3v) is 4.25. The van der Waals surface area contributed by atoms with E-state index in [-0.39, 0.29) is 0 Å². The van der Waals surface area contributed by atoms with Crippen LogP contribution in [0.4, 0.5) is 0 Å². The lowest BCUT2D eigenvalue weighted by molar-refractivity contribution is 0.874. The second-order valence-electron chi connectivity index (χ2n) is 6.24. The summed E-state index contributed by atoms with van der Waals surface area (Å²) < 4.78 is 0. The van der Waals surface area contributed by atoms with E-state index >= 15 is 0 Å². The Morgan fingerprint density at radius 2 is 1.35 bits per heavy atom. The molecule has 0 aliphatic carbocycles. The first-order chi connectivity index (χ1) is 12.8. The van der Waals surface area contributed by atoms with Crippen LogP contribution in [0.3, 0.4) is 0 Å². The molecule has 0 fully saturated rings. The summed E-state index contributed by atoms with van der Waals surface area (Å²) in [7, 11) is 0. The maximum Gasteiger partial charge on any atom is 0.203 e. The van der Waals surface area contributed by atoms with Crippen molar-refractivity contribution >= 4 is 0 Å². The minimum absolute atomic E-state index is 0.540. The van der Waals surface area contributed by atoms with Gasteiger partial charge >= 0.3 is 0 Å². The lowest BCUT2D eigenvalue weighted by Gasteiger charge is -2.08. The lowest BCUT2D eigenvalue weighted by Crippen LogP contribution is -2.01. The van der Waals surface area contributed by atoms with Gasteiger partial charge in [0.25, 0.3) is 0 Å². The van der Waals surface area contributed by atoms with Crippen LogP contribution < -0.4 is 0 Å². The molecule has 4 aromatic rings. The molecule has 26 heavy (non-hydrogen) atoms. The normalized spacial score (nSPS) is 10.7. The summed E-state index contributed by atoms with van der Waals surface area (Å²) in [5.41, 5.74) is 5.45. The smallest absolute Gasteiger partial charge is 0.126 e. The highest BCUT2D eigenvalue weighted by Gasteiger charge is 2.11. The van der Waals surface area contributed by atoms with Gasteiger partial charge in [0.1, 0.15) is 0 Å². The van der Waals surface area contributed by atoms with E-state index in [2.05, 4.69) is 38.6 Å². The van der Waals surface area contributed by atoms with Crippen molar-refractivity contribution in [3.05, 3.63) is 95.6 Å². The highest BCUT2D eigenvalue weighted by atomic mass is 15.3. The highest BCUT2D eigenvalue weighted by Crippen LogP contribution is 2.23. The fourth-order valence-corrected chi connectivity index (χ4v) is 2.95. The third-order valence-electron chi connectivity index (χ3n) is 4.25. The van der Waals surface area contributed by atoms with Crippen LogP contribution in [0.2, 0.25) is 0 Å². The highest BCUT2D eigenvalue weighted by molar-refractivity contribution is 5.61. The van der Waals surface area contributed by atoms with E-state index in [1.807, 2.05) is 67.6 Å². The Labute approximate surface area is 152 Å². The average Bonchev–Trinajstić information content (AvgIpc) is 2.69. The topological polar surface area (TPSA) is 51.6 Å². The van der Waals surface area contributed by atoms with Crippen LogP contribution in [0.25, 0.3) is 22.8 Å². The zero-order valence-corrected chi connectivity index (χ0v) is 14.5. The first kappa shape index (κ1) is 16.1. The van der Waals surface area contributed by atoms with Crippen LogP contribution in [0.15, 0.2) is 78.9 Å². The molecule has 0 spiro atoms. The van der Waals surface area contributed by atoms with Gasteiger partial charge in [0.15, 0.2) is 0 Å². The molecule has 3 aromatic carbocycles. The predicted molar refractivity (Wildman–Crippen MR) is 102 cm³/mol. The molecule has 0 saturated carbocycles. The van der Waals surface area contributed by atoms with E-state index in [1.54, 1.807) is 0 Å². The zero-order chi connectivity index (χ0) is 17.8. The van der Waals surface area contributed by atoms with Crippen molar-refractivity contribution in [3.8, 4) is 22.8 Å². The quantitative estimate of drug-likeness (QED) is 0.550. The van der Waals surface area contributed by atoms with E-state index < -0.39 is 0 Å². The maximum absolute atomic E-state index is 4.33. The Hall–Kier alpha value is -3.40. The molecule has 126 valence electrons. The summed E-state index contributed by atoms with van der Waals surface area (Å²) in [5.74, 6) is 1.09. The summed E-state index contributed by atoms with van der Waals surface area (Å²) in [6.45, 7) is 2.04. The number of benzene rings is 3. The number of nitrogens with zero attached hydrogens (tertiary/aromatic N) is 4. The van der Waals surface area contributed by atoms with Crippen LogP contribution in [-0.4, -0.2) is 20.4 Å². The molecular weight excluding hydrogens is 320 g/mol. The third kappa shape index (κ3) is 3.49. The lowest BCUT2D eigenvalue weighted by atomic mass is 9.99. The van der Waals surface area contributed by atoms with Gasteiger partial charge in [-0.05, 0) is 30.5 Å². The second kappa shape index (κ2) is 7.23. The van der Waals surface area contributed by atoms with Crippen molar-refractivity contribution in [2.24, 2.45) is 0 Å². The molecule has 4 nitrogen and oxygen atoms in total. The van der Waals surface area contributed by atoms with Crippen molar-refractivity contribution < 1.29 is 0 Å². The fraction of sp³-hybridized carbons (Fsp3) is 0.0909. The van der Waals surface area contributed by atoms with E-state index in [1.165, 1.54) is 5.56 Å². The Kier molecular flexibility index (Phi) is 4.48. The molecule has 0 unspecified atom stereocenters. The zero-order valence-electron chi connectivity index (χ0n) is 14.5. The number of aromatic nitrogens is 4. The van der Waals surface area contributed by atoms with Crippen LogP contribution in [-0.2, 0) is 6.42 Å². The molecule has 0 aliphatic rings. The molecule has 0 bridgehead atoms. The summed E-state index contributed by atoms with van der Waals surface area (Å²) in [6.07, 6.45) is 0.819. The minimum Gasteiger partial charge on any atom is -0.126 e. The van der Waals surface area contributed by atoms with Crippen molar-refractivity contribution in [3.63, 3.8) is 0 Å². The summed E-state index contributed by atoms with van der Waals surface area (Å²) in [5, 5.41) is 17.2. The molecule has 1 aromatic heterocycles. The Morgan fingerprint density at radius 3 is 2.12 bits per heavy atom. The molecule has 0 aliphatic heterocycles. The van der Waals surface area contributed by atoms with Gasteiger partial charge in [-0.25, -0.2) is 0 Å². The van der Waals surface area contributed by atoms with Crippen LogP contribution in [0, 0.1) is 6.92 Å². The fourth-order valence-electron chi connectivity index (χ4n) is 2.95. The SMILES string of the molecule is Cc1cccc(-c2nnc(-c3ccccc3Cc3ccccc3)nn2)c1. The van der Waals surface area contributed by atoms with Gasteiger partial charge in [0.2, 0.25) is 11.6 Å². The Morgan fingerprint density at radius 1 is 0.654 bits per heavy atom. The molecule has 4 heteroatoms. The van der Waals surface area contributed by atoms with E-state index in [9.17, 15) is 0 Å². The monoisotopic (exact) mass is 338 g/mol. The van der Waals surface area contributed by atoms with Crippen molar-refractivity contribution in [2.45, 2.75) is 13.3 Å². The number of hydrogen-bond acceptors (Lipinski definition) is 4. The van der Waals surface area contributed by atoms with Crippen molar-refractivity contribution in [1.29, 1.82) is 0 Å². The maximum atomic E-state index is 4.33. The van der Waals surface area contributed by atoms with E-state index in [0.717, 1.165) is 28.7 Å². The molecule has 0 atom stereocenters. The first-order valence-corrected chi connectivity index (χ1v) is 8.56. The minimum atomic E-state index is 0.540. The summed E-state index contributed by atoms with van der Waals surface area (Å²) in [6, 6.07) is 26.5.